The number of carbonyl (C=O) groups is 1. The zero-order chi connectivity index (χ0) is 19.2. The number of hydrogen-bond donors (Lipinski definition) is 1. The molecule has 0 saturated heterocycles. The first-order valence-electron chi connectivity index (χ1n) is 8.34. The third kappa shape index (κ3) is 4.57. The zero-order valence-electron chi connectivity index (χ0n) is 15.0. The second-order valence-electron chi connectivity index (χ2n) is 5.70. The molecule has 0 spiro atoms. The fraction of sp³-hybridized carbons (Fsp3) is 0.150. The summed E-state index contributed by atoms with van der Waals surface area (Å²) < 4.78 is 5.02. The summed E-state index contributed by atoms with van der Waals surface area (Å²) in [5.74, 6) is 0.0896. The molecule has 27 heavy (non-hydrogen) atoms. The molecule has 6 nitrogen and oxygen atoms in total. The highest BCUT2D eigenvalue weighted by Crippen LogP contribution is 2.30. The maximum atomic E-state index is 13.2. The fourth-order valence-electron chi connectivity index (χ4n) is 2.53. The molecule has 0 aliphatic heterocycles. The van der Waals surface area contributed by atoms with Crippen LogP contribution >= 0.6 is 11.8 Å². The van der Waals surface area contributed by atoms with Crippen molar-refractivity contribution >= 4 is 29.0 Å². The number of H-pyrrole nitrogens is 1. The molecule has 1 heterocycles. The van der Waals surface area contributed by atoms with Crippen molar-refractivity contribution in [3.63, 3.8) is 0 Å². The normalized spacial score (nSPS) is 11.6. The second-order valence-corrected chi connectivity index (χ2v) is 7.03. The van der Waals surface area contributed by atoms with E-state index in [4.69, 9.17) is 4.74 Å². The molecule has 0 saturated carbocycles. The van der Waals surface area contributed by atoms with Crippen molar-refractivity contribution in [3.8, 4) is 5.88 Å². The third-order valence-electron chi connectivity index (χ3n) is 3.79. The van der Waals surface area contributed by atoms with Crippen LogP contribution in [0, 0.1) is 0 Å². The molecule has 1 aromatic heterocycles. The molecule has 0 radical (unpaired) electrons. The van der Waals surface area contributed by atoms with Crippen molar-refractivity contribution in [2.75, 3.05) is 12.0 Å². The number of rotatable bonds is 6. The quantitative estimate of drug-likeness (QED) is 0.521. The number of carbonyl (C=O) groups excluding carboxylic acids is 1. The molecular formula is C20H19N3O3S. The molecule has 138 valence electrons. The van der Waals surface area contributed by atoms with Crippen LogP contribution in [0.25, 0.3) is 0 Å². The molecule has 0 unspecified atom stereocenters. The molecule has 1 atom stereocenters. The average molecular weight is 381 g/mol. The number of methoxy groups -OCH3 is 1. The van der Waals surface area contributed by atoms with Crippen LogP contribution in [0.15, 0.2) is 76.7 Å². The first-order valence-corrected chi connectivity index (χ1v) is 9.22. The van der Waals surface area contributed by atoms with Gasteiger partial charge in [-0.1, -0.05) is 48.2 Å². The maximum absolute atomic E-state index is 13.2. The summed E-state index contributed by atoms with van der Waals surface area (Å²) in [4.78, 5) is 33.4. The van der Waals surface area contributed by atoms with Crippen LogP contribution < -0.4 is 15.2 Å². The van der Waals surface area contributed by atoms with Crippen molar-refractivity contribution < 1.29 is 9.53 Å². The minimum absolute atomic E-state index is 0.122. The van der Waals surface area contributed by atoms with E-state index in [2.05, 4.69) is 9.97 Å². The molecule has 7 heteroatoms. The highest BCUT2D eigenvalue weighted by Gasteiger charge is 2.25. The number of nitrogens with one attached hydrogen (secondary N) is 1. The summed E-state index contributed by atoms with van der Waals surface area (Å²) in [5.41, 5.74) is 1.22. The van der Waals surface area contributed by atoms with Crippen LogP contribution in [-0.4, -0.2) is 28.2 Å². The van der Waals surface area contributed by atoms with E-state index in [-0.39, 0.29) is 17.3 Å². The van der Waals surface area contributed by atoms with E-state index in [1.807, 2.05) is 60.7 Å². The number of ether oxygens (including phenoxy) is 1. The van der Waals surface area contributed by atoms with Crippen LogP contribution in [-0.2, 0) is 4.79 Å². The monoisotopic (exact) mass is 381 g/mol. The summed E-state index contributed by atoms with van der Waals surface area (Å²) in [6, 6.07) is 20.1. The largest absolute Gasteiger partial charge is 0.481 e. The van der Waals surface area contributed by atoms with Gasteiger partial charge >= 0.3 is 0 Å². The number of hydrogen-bond acceptors (Lipinski definition) is 5. The molecule has 3 aromatic rings. The van der Waals surface area contributed by atoms with Crippen molar-refractivity contribution in [3.05, 3.63) is 77.1 Å². The average Bonchev–Trinajstić information content (AvgIpc) is 2.69. The molecule has 0 aliphatic carbocycles. The van der Waals surface area contributed by atoms with Gasteiger partial charge in [0.15, 0.2) is 5.16 Å². The first-order chi connectivity index (χ1) is 13.1. The molecule has 2 aromatic carbocycles. The molecule has 0 fully saturated rings. The lowest BCUT2D eigenvalue weighted by Gasteiger charge is -2.25. The van der Waals surface area contributed by atoms with Gasteiger partial charge in [-0.15, -0.1) is 0 Å². The van der Waals surface area contributed by atoms with Crippen LogP contribution in [0.1, 0.15) is 6.92 Å². The van der Waals surface area contributed by atoms with Crippen LogP contribution in [0.2, 0.25) is 0 Å². The van der Waals surface area contributed by atoms with E-state index in [1.54, 1.807) is 11.8 Å². The topological polar surface area (TPSA) is 75.3 Å². The number of benzene rings is 2. The summed E-state index contributed by atoms with van der Waals surface area (Å²) in [6.45, 7) is 1.78. The van der Waals surface area contributed by atoms with E-state index < -0.39 is 5.25 Å². The Morgan fingerprint density at radius 1 is 1.07 bits per heavy atom. The molecule has 0 aliphatic rings. The van der Waals surface area contributed by atoms with Crippen LogP contribution in [0.5, 0.6) is 5.88 Å². The minimum atomic E-state index is -0.485. The lowest BCUT2D eigenvalue weighted by molar-refractivity contribution is -0.117. The Labute approximate surface area is 161 Å². The van der Waals surface area contributed by atoms with Gasteiger partial charge in [-0.25, -0.2) is 0 Å². The van der Waals surface area contributed by atoms with Crippen molar-refractivity contribution in [2.45, 2.75) is 17.3 Å². The molecule has 1 amide bonds. The predicted molar refractivity (Wildman–Crippen MR) is 107 cm³/mol. The van der Waals surface area contributed by atoms with E-state index >= 15 is 0 Å². The van der Waals surface area contributed by atoms with Crippen molar-refractivity contribution in [2.24, 2.45) is 0 Å². The van der Waals surface area contributed by atoms with Gasteiger partial charge < -0.3 is 9.72 Å². The number of aromatic amines is 1. The summed E-state index contributed by atoms with van der Waals surface area (Å²) in [7, 11) is 1.44. The summed E-state index contributed by atoms with van der Waals surface area (Å²) in [6.07, 6.45) is 0. The zero-order valence-corrected chi connectivity index (χ0v) is 15.8. The highest BCUT2D eigenvalue weighted by molar-refractivity contribution is 8.00. The van der Waals surface area contributed by atoms with E-state index in [0.717, 1.165) is 11.4 Å². The molecule has 0 bridgehead atoms. The number of thioether (sulfide) groups is 1. The Bertz CT molecular complexity index is 921. The van der Waals surface area contributed by atoms with Gasteiger partial charge in [0.05, 0.1) is 18.4 Å². The Balaban J connectivity index is 1.90. The van der Waals surface area contributed by atoms with Gasteiger partial charge in [0.2, 0.25) is 11.8 Å². The van der Waals surface area contributed by atoms with Crippen molar-refractivity contribution in [1.82, 2.24) is 9.97 Å². The van der Waals surface area contributed by atoms with E-state index in [1.165, 1.54) is 24.9 Å². The SMILES string of the molecule is COc1cc(=O)[nH]c(S[C@@H](C)C(=O)N(c2ccccc2)c2ccccc2)n1. The smallest absolute Gasteiger partial charge is 0.255 e. The second kappa shape index (κ2) is 8.55. The number of aromatic nitrogens is 2. The summed E-state index contributed by atoms with van der Waals surface area (Å²) in [5, 5.41) is -0.151. The minimum Gasteiger partial charge on any atom is -0.481 e. The highest BCUT2D eigenvalue weighted by atomic mass is 32.2. The predicted octanol–water partition coefficient (Wildman–Crippen LogP) is 3.62. The lowest BCUT2D eigenvalue weighted by atomic mass is 10.2. The molecular weight excluding hydrogens is 362 g/mol. The van der Waals surface area contributed by atoms with Crippen molar-refractivity contribution in [1.29, 1.82) is 0 Å². The number of nitrogens with zero attached hydrogens (tertiary/aromatic N) is 2. The van der Waals surface area contributed by atoms with E-state index in [9.17, 15) is 9.59 Å². The Kier molecular flexibility index (Phi) is 5.93. The Hall–Kier alpha value is -3.06. The standard InChI is InChI=1S/C20H19N3O3S/c1-14(27-20-21-17(24)13-18(22-20)26-2)19(25)23(15-9-5-3-6-10-15)16-11-7-4-8-12-16/h3-14H,1-2H3,(H,21,22,24)/t14-/m0/s1. The number of anilines is 2. The number of para-hydroxylation sites is 2. The van der Waals surface area contributed by atoms with Gasteiger partial charge in [-0.2, -0.15) is 4.98 Å². The molecule has 1 N–H and O–H groups in total. The van der Waals surface area contributed by atoms with Crippen LogP contribution in [0.4, 0.5) is 11.4 Å². The van der Waals surface area contributed by atoms with Gasteiger partial charge in [0.1, 0.15) is 0 Å². The number of amides is 1. The summed E-state index contributed by atoms with van der Waals surface area (Å²) >= 11 is 1.18. The van der Waals surface area contributed by atoms with Gasteiger partial charge in [0, 0.05) is 11.4 Å². The first kappa shape index (κ1) is 18.7. The fourth-order valence-corrected chi connectivity index (χ4v) is 3.37. The Morgan fingerprint density at radius 2 is 1.63 bits per heavy atom. The Morgan fingerprint density at radius 3 is 2.15 bits per heavy atom. The van der Waals surface area contributed by atoms with Gasteiger partial charge in [0.25, 0.3) is 5.56 Å². The third-order valence-corrected chi connectivity index (χ3v) is 4.76. The maximum Gasteiger partial charge on any atom is 0.255 e. The van der Waals surface area contributed by atoms with Gasteiger partial charge in [-0.05, 0) is 31.2 Å². The van der Waals surface area contributed by atoms with Gasteiger partial charge in [-0.3, -0.25) is 14.5 Å². The lowest BCUT2D eigenvalue weighted by Crippen LogP contribution is -2.33. The van der Waals surface area contributed by atoms with Crippen LogP contribution in [0.3, 0.4) is 0 Å². The molecule has 3 rings (SSSR count). The van der Waals surface area contributed by atoms with E-state index in [0.29, 0.717) is 5.16 Å².